The maximum atomic E-state index is 12.5. The third-order valence-corrected chi connectivity index (χ3v) is 5.44. The first-order valence-electron chi connectivity index (χ1n) is 6.18. The van der Waals surface area contributed by atoms with Crippen LogP contribution in [-0.2, 0) is 15.9 Å². The molecule has 0 saturated heterocycles. The van der Waals surface area contributed by atoms with E-state index < -0.39 is 10.0 Å². The molecule has 1 aliphatic carbocycles. The fraction of sp³-hybridized carbons (Fsp3) is 0.538. The summed E-state index contributed by atoms with van der Waals surface area (Å²) in [6.45, 7) is 0.566. The van der Waals surface area contributed by atoms with Gasteiger partial charge in [-0.2, -0.15) is 0 Å². The largest absolute Gasteiger partial charge is 0.495 e. The minimum Gasteiger partial charge on any atom is -0.495 e. The number of halogens is 1. The van der Waals surface area contributed by atoms with Crippen LogP contribution in [0.1, 0.15) is 18.4 Å². The highest BCUT2D eigenvalue weighted by atomic mass is 35.5. The van der Waals surface area contributed by atoms with Gasteiger partial charge in [-0.1, -0.05) is 6.07 Å². The van der Waals surface area contributed by atoms with Crippen molar-refractivity contribution in [2.24, 2.45) is 5.92 Å². The Hall–Kier alpha value is -0.780. The predicted octanol–water partition coefficient (Wildman–Crippen LogP) is 2.46. The quantitative estimate of drug-likeness (QED) is 0.759. The number of ether oxygens (including phenoxy) is 1. The minimum absolute atomic E-state index is 0.191. The summed E-state index contributed by atoms with van der Waals surface area (Å²) >= 11 is 5.77. The first-order valence-corrected chi connectivity index (χ1v) is 8.15. The Balaban J connectivity index is 2.36. The van der Waals surface area contributed by atoms with Crippen LogP contribution in [0.2, 0.25) is 0 Å². The van der Waals surface area contributed by atoms with Crippen molar-refractivity contribution in [2.45, 2.75) is 23.6 Å². The number of sulfonamides is 1. The van der Waals surface area contributed by atoms with Gasteiger partial charge in [0.05, 0.1) is 7.11 Å². The molecule has 6 heteroatoms. The van der Waals surface area contributed by atoms with Crippen molar-refractivity contribution in [3.05, 3.63) is 23.8 Å². The molecule has 0 amide bonds. The number of rotatable bonds is 6. The lowest BCUT2D eigenvalue weighted by atomic mass is 10.2. The van der Waals surface area contributed by atoms with Crippen LogP contribution in [0.4, 0.5) is 0 Å². The molecule has 0 atom stereocenters. The van der Waals surface area contributed by atoms with E-state index in [1.807, 2.05) is 0 Å². The summed E-state index contributed by atoms with van der Waals surface area (Å²) in [7, 11) is -0.440. The van der Waals surface area contributed by atoms with E-state index in [4.69, 9.17) is 16.3 Å². The zero-order valence-electron chi connectivity index (χ0n) is 11.1. The van der Waals surface area contributed by atoms with Crippen molar-refractivity contribution in [3.8, 4) is 5.75 Å². The molecule has 0 spiro atoms. The van der Waals surface area contributed by atoms with E-state index in [2.05, 4.69) is 0 Å². The summed E-state index contributed by atoms with van der Waals surface area (Å²) in [6.07, 6.45) is 2.22. The third-order valence-electron chi connectivity index (χ3n) is 3.28. The van der Waals surface area contributed by atoms with E-state index in [1.54, 1.807) is 25.2 Å². The van der Waals surface area contributed by atoms with Gasteiger partial charge in [0.1, 0.15) is 10.6 Å². The molecule has 106 valence electrons. The molecule has 1 aliphatic rings. The number of nitrogens with zero attached hydrogens (tertiary/aromatic N) is 1. The van der Waals surface area contributed by atoms with E-state index in [0.29, 0.717) is 18.2 Å². The minimum atomic E-state index is -3.52. The average molecular weight is 304 g/mol. The highest BCUT2D eigenvalue weighted by Crippen LogP contribution is 2.33. The van der Waals surface area contributed by atoms with Gasteiger partial charge in [0.15, 0.2) is 0 Å². The molecule has 1 aromatic carbocycles. The lowest BCUT2D eigenvalue weighted by molar-refractivity contribution is 0.396. The number of methoxy groups -OCH3 is 1. The summed E-state index contributed by atoms with van der Waals surface area (Å²) in [6, 6.07) is 5.01. The predicted molar refractivity (Wildman–Crippen MR) is 75.1 cm³/mol. The highest BCUT2D eigenvalue weighted by Gasteiger charge is 2.30. The summed E-state index contributed by atoms with van der Waals surface area (Å²) in [5.41, 5.74) is 0.765. The van der Waals surface area contributed by atoms with Crippen LogP contribution < -0.4 is 4.74 Å². The molecular formula is C13H18ClNO3S. The molecule has 1 aromatic rings. The molecule has 0 unspecified atom stereocenters. The molecule has 1 saturated carbocycles. The summed E-state index contributed by atoms with van der Waals surface area (Å²) < 4.78 is 31.6. The highest BCUT2D eigenvalue weighted by molar-refractivity contribution is 7.89. The Bertz CT molecular complexity index is 555. The Kier molecular flexibility index (Phi) is 4.38. The van der Waals surface area contributed by atoms with Gasteiger partial charge in [-0.25, -0.2) is 12.7 Å². The van der Waals surface area contributed by atoms with Gasteiger partial charge in [0.25, 0.3) is 0 Å². The molecule has 2 rings (SSSR count). The topological polar surface area (TPSA) is 46.6 Å². The molecule has 1 fully saturated rings. The SMILES string of the molecule is COc1ccc(CCl)cc1S(=O)(=O)N(C)CC1CC1. The second kappa shape index (κ2) is 5.69. The van der Waals surface area contributed by atoms with Crippen molar-refractivity contribution in [1.29, 1.82) is 0 Å². The Labute approximate surface area is 119 Å². The number of hydrogen-bond acceptors (Lipinski definition) is 3. The molecule has 19 heavy (non-hydrogen) atoms. The number of benzene rings is 1. The van der Waals surface area contributed by atoms with Crippen molar-refractivity contribution in [2.75, 3.05) is 20.7 Å². The van der Waals surface area contributed by atoms with Gasteiger partial charge < -0.3 is 4.74 Å². The van der Waals surface area contributed by atoms with Gasteiger partial charge in [-0.3, -0.25) is 0 Å². The van der Waals surface area contributed by atoms with Crippen LogP contribution in [0.3, 0.4) is 0 Å². The van der Waals surface area contributed by atoms with Crippen molar-refractivity contribution in [1.82, 2.24) is 4.31 Å². The van der Waals surface area contributed by atoms with Gasteiger partial charge in [0, 0.05) is 19.5 Å². The standard InChI is InChI=1S/C13H18ClNO3S/c1-15(9-10-3-4-10)19(16,17)13-7-11(8-14)5-6-12(13)18-2/h5-7,10H,3-4,8-9H2,1-2H3. The first kappa shape index (κ1) is 14.6. The van der Waals surface area contributed by atoms with Crippen LogP contribution in [0.25, 0.3) is 0 Å². The van der Waals surface area contributed by atoms with Gasteiger partial charge in [-0.05, 0) is 36.5 Å². The van der Waals surface area contributed by atoms with Crippen LogP contribution >= 0.6 is 11.6 Å². The van der Waals surface area contributed by atoms with Crippen molar-refractivity contribution < 1.29 is 13.2 Å². The molecule has 0 aliphatic heterocycles. The molecular weight excluding hydrogens is 286 g/mol. The summed E-state index contributed by atoms with van der Waals surface area (Å²) in [5.74, 6) is 1.14. The van der Waals surface area contributed by atoms with E-state index in [1.165, 1.54) is 11.4 Å². The second-order valence-electron chi connectivity index (χ2n) is 4.85. The van der Waals surface area contributed by atoms with Crippen molar-refractivity contribution in [3.63, 3.8) is 0 Å². The van der Waals surface area contributed by atoms with E-state index >= 15 is 0 Å². The Morgan fingerprint density at radius 1 is 1.42 bits per heavy atom. The van der Waals surface area contributed by atoms with Gasteiger partial charge in [0.2, 0.25) is 10.0 Å². The van der Waals surface area contributed by atoms with Crippen molar-refractivity contribution >= 4 is 21.6 Å². The van der Waals surface area contributed by atoms with Crippen LogP contribution in [-0.4, -0.2) is 33.4 Å². The maximum Gasteiger partial charge on any atom is 0.246 e. The first-order chi connectivity index (χ1) is 8.98. The van der Waals surface area contributed by atoms with Crippen LogP contribution in [0.5, 0.6) is 5.75 Å². The molecule has 4 nitrogen and oxygen atoms in total. The lowest BCUT2D eigenvalue weighted by Gasteiger charge is -2.19. The zero-order chi connectivity index (χ0) is 14.0. The van der Waals surface area contributed by atoms with Gasteiger partial charge in [-0.15, -0.1) is 11.6 Å². The summed E-state index contributed by atoms with van der Waals surface area (Å²) in [4.78, 5) is 0.191. The Morgan fingerprint density at radius 2 is 2.11 bits per heavy atom. The second-order valence-corrected chi connectivity index (χ2v) is 7.13. The molecule has 0 heterocycles. The summed E-state index contributed by atoms with van der Waals surface area (Å²) in [5, 5.41) is 0. The number of alkyl halides is 1. The van der Waals surface area contributed by atoms with E-state index in [-0.39, 0.29) is 10.8 Å². The molecule has 0 aromatic heterocycles. The normalized spacial score (nSPS) is 15.8. The third kappa shape index (κ3) is 3.22. The Morgan fingerprint density at radius 3 is 2.63 bits per heavy atom. The van der Waals surface area contributed by atoms with E-state index in [9.17, 15) is 8.42 Å². The lowest BCUT2D eigenvalue weighted by Crippen LogP contribution is -2.29. The molecule has 0 N–H and O–H groups in total. The zero-order valence-corrected chi connectivity index (χ0v) is 12.7. The van der Waals surface area contributed by atoms with Crippen LogP contribution in [0.15, 0.2) is 23.1 Å². The number of hydrogen-bond donors (Lipinski definition) is 0. The fourth-order valence-electron chi connectivity index (χ4n) is 1.94. The van der Waals surface area contributed by atoms with E-state index in [0.717, 1.165) is 18.4 Å². The van der Waals surface area contributed by atoms with Crippen LogP contribution in [0, 0.1) is 5.92 Å². The maximum absolute atomic E-state index is 12.5. The average Bonchev–Trinajstić information content (AvgIpc) is 3.21. The smallest absolute Gasteiger partial charge is 0.246 e. The fourth-order valence-corrected chi connectivity index (χ4v) is 3.55. The monoisotopic (exact) mass is 303 g/mol. The molecule has 0 bridgehead atoms. The molecule has 0 radical (unpaired) electrons. The van der Waals surface area contributed by atoms with Gasteiger partial charge >= 0.3 is 0 Å².